The maximum Gasteiger partial charge on any atom is 0.244 e. The van der Waals surface area contributed by atoms with Gasteiger partial charge in [-0.25, -0.2) is 8.42 Å². The Morgan fingerprint density at radius 1 is 1.12 bits per heavy atom. The van der Waals surface area contributed by atoms with Crippen molar-refractivity contribution in [2.45, 2.75) is 39.8 Å². The minimum absolute atomic E-state index is 0.0895. The molecule has 0 fully saturated rings. The van der Waals surface area contributed by atoms with Gasteiger partial charge in [0.25, 0.3) is 0 Å². The molecule has 180 valence electrons. The first-order chi connectivity index (χ1) is 15.5. The molecule has 2 aromatic rings. The van der Waals surface area contributed by atoms with Crippen molar-refractivity contribution in [1.82, 2.24) is 10.2 Å². The van der Waals surface area contributed by atoms with Gasteiger partial charge < -0.3 is 10.2 Å². The first-order valence-corrected chi connectivity index (χ1v) is 13.1. The van der Waals surface area contributed by atoms with Gasteiger partial charge in [0.05, 0.1) is 11.9 Å². The summed E-state index contributed by atoms with van der Waals surface area (Å²) in [6.07, 6.45) is 1.77. The number of halogens is 2. The van der Waals surface area contributed by atoms with Gasteiger partial charge in [0.1, 0.15) is 12.6 Å². The minimum atomic E-state index is -3.82. The number of hydrogen-bond acceptors (Lipinski definition) is 4. The predicted molar refractivity (Wildman–Crippen MR) is 133 cm³/mol. The molecule has 0 aliphatic rings. The third-order valence-corrected chi connectivity index (χ3v) is 6.92. The molecule has 0 aliphatic carbocycles. The average molecular weight is 514 g/mol. The molecule has 0 unspecified atom stereocenters. The summed E-state index contributed by atoms with van der Waals surface area (Å²) in [4.78, 5) is 27.5. The van der Waals surface area contributed by atoms with Gasteiger partial charge in [-0.3, -0.25) is 13.9 Å². The molecule has 2 amide bonds. The van der Waals surface area contributed by atoms with Crippen LogP contribution in [0.15, 0.2) is 42.5 Å². The molecular formula is C23H29Cl2N3O4S. The van der Waals surface area contributed by atoms with Crippen molar-refractivity contribution in [2.24, 2.45) is 0 Å². The molecule has 0 aromatic heterocycles. The maximum atomic E-state index is 13.5. The first-order valence-electron chi connectivity index (χ1n) is 10.5. The number of nitrogens with zero attached hydrogens (tertiary/aromatic N) is 2. The van der Waals surface area contributed by atoms with Crippen LogP contribution in [0.2, 0.25) is 10.0 Å². The van der Waals surface area contributed by atoms with Crippen molar-refractivity contribution in [3.05, 3.63) is 63.6 Å². The van der Waals surface area contributed by atoms with Crippen LogP contribution in [-0.2, 0) is 26.2 Å². The Morgan fingerprint density at radius 2 is 1.79 bits per heavy atom. The van der Waals surface area contributed by atoms with Gasteiger partial charge >= 0.3 is 0 Å². The van der Waals surface area contributed by atoms with Crippen molar-refractivity contribution in [3.63, 3.8) is 0 Å². The van der Waals surface area contributed by atoms with E-state index < -0.39 is 28.5 Å². The molecule has 0 saturated heterocycles. The highest BCUT2D eigenvalue weighted by atomic mass is 35.5. The van der Waals surface area contributed by atoms with E-state index in [2.05, 4.69) is 5.32 Å². The summed E-state index contributed by atoms with van der Waals surface area (Å²) >= 11 is 12.3. The normalized spacial score (nSPS) is 12.2. The van der Waals surface area contributed by atoms with Crippen molar-refractivity contribution < 1.29 is 18.0 Å². The fraction of sp³-hybridized carbons (Fsp3) is 0.391. The van der Waals surface area contributed by atoms with E-state index >= 15 is 0 Å². The van der Waals surface area contributed by atoms with Gasteiger partial charge in [0.15, 0.2) is 0 Å². The molecule has 0 aliphatic heterocycles. The van der Waals surface area contributed by atoms with E-state index in [4.69, 9.17) is 23.2 Å². The van der Waals surface area contributed by atoms with Crippen LogP contribution in [0.5, 0.6) is 0 Å². The lowest BCUT2D eigenvalue weighted by Gasteiger charge is -2.32. The van der Waals surface area contributed by atoms with Crippen LogP contribution >= 0.6 is 23.2 Å². The molecule has 33 heavy (non-hydrogen) atoms. The van der Waals surface area contributed by atoms with Crippen molar-refractivity contribution in [1.29, 1.82) is 0 Å². The number of nitrogens with one attached hydrogen (secondary N) is 1. The lowest BCUT2D eigenvalue weighted by Crippen LogP contribution is -2.51. The molecule has 10 heteroatoms. The zero-order valence-electron chi connectivity index (χ0n) is 19.1. The number of hydrogen-bond donors (Lipinski definition) is 1. The number of sulfonamides is 1. The van der Waals surface area contributed by atoms with Crippen LogP contribution in [0.1, 0.15) is 31.4 Å². The van der Waals surface area contributed by atoms with Crippen LogP contribution in [0.3, 0.4) is 0 Å². The smallest absolute Gasteiger partial charge is 0.244 e. The van der Waals surface area contributed by atoms with E-state index in [0.29, 0.717) is 27.8 Å². The predicted octanol–water partition coefficient (Wildman–Crippen LogP) is 4.01. The van der Waals surface area contributed by atoms with Gasteiger partial charge in [0.2, 0.25) is 21.8 Å². The molecule has 2 rings (SSSR count). The van der Waals surface area contributed by atoms with Gasteiger partial charge in [-0.05, 0) is 55.7 Å². The second-order valence-corrected chi connectivity index (χ2v) is 10.5. The van der Waals surface area contributed by atoms with Crippen LogP contribution < -0.4 is 9.62 Å². The Kier molecular flexibility index (Phi) is 9.57. The molecule has 0 saturated carbocycles. The highest BCUT2D eigenvalue weighted by Gasteiger charge is 2.30. The Labute approximate surface area is 205 Å². The number of anilines is 1. The number of amides is 2. The lowest BCUT2D eigenvalue weighted by molar-refractivity contribution is -0.139. The summed E-state index contributed by atoms with van der Waals surface area (Å²) in [6, 6.07) is 11.0. The third kappa shape index (κ3) is 7.35. The van der Waals surface area contributed by atoms with E-state index in [1.165, 1.54) is 4.90 Å². The fourth-order valence-electron chi connectivity index (χ4n) is 3.27. The second-order valence-electron chi connectivity index (χ2n) is 7.77. The zero-order chi connectivity index (χ0) is 24.8. The van der Waals surface area contributed by atoms with Gasteiger partial charge in [-0.2, -0.15) is 0 Å². The molecule has 7 nitrogen and oxygen atoms in total. The van der Waals surface area contributed by atoms with E-state index in [-0.39, 0.29) is 12.5 Å². The summed E-state index contributed by atoms with van der Waals surface area (Å²) in [7, 11) is -3.82. The highest BCUT2D eigenvalue weighted by molar-refractivity contribution is 7.92. The summed E-state index contributed by atoms with van der Waals surface area (Å²) in [5.74, 6) is -0.851. The maximum absolute atomic E-state index is 13.5. The molecule has 0 bridgehead atoms. The topological polar surface area (TPSA) is 86.8 Å². The Balaban J connectivity index is 2.42. The van der Waals surface area contributed by atoms with Gasteiger partial charge in [-0.1, -0.05) is 48.3 Å². The van der Waals surface area contributed by atoms with Crippen LogP contribution in [-0.4, -0.2) is 50.5 Å². The van der Waals surface area contributed by atoms with E-state index in [9.17, 15) is 18.0 Å². The molecular weight excluding hydrogens is 485 g/mol. The number of carbonyl (C=O) groups is 2. The van der Waals surface area contributed by atoms with Crippen molar-refractivity contribution in [2.75, 3.05) is 23.7 Å². The summed E-state index contributed by atoms with van der Waals surface area (Å²) in [5, 5.41) is 3.67. The first kappa shape index (κ1) is 27.0. The molecule has 0 spiro atoms. The average Bonchev–Trinajstić information content (AvgIpc) is 2.75. The molecule has 1 N–H and O–H groups in total. The fourth-order valence-corrected chi connectivity index (χ4v) is 4.55. The summed E-state index contributed by atoms with van der Waals surface area (Å²) in [5.41, 5.74) is 1.56. The van der Waals surface area contributed by atoms with Crippen molar-refractivity contribution >= 4 is 50.7 Å². The third-order valence-electron chi connectivity index (χ3n) is 5.15. The quantitative estimate of drug-likeness (QED) is 0.519. The SMILES string of the molecule is CCCNC(=O)[C@H](C)N(Cc1cccc(Cl)c1)C(=O)CN(c1cccc(Cl)c1C)S(C)(=O)=O. The van der Waals surface area contributed by atoms with Crippen molar-refractivity contribution in [3.8, 4) is 0 Å². The second kappa shape index (κ2) is 11.7. The number of rotatable bonds is 10. The Bertz CT molecular complexity index is 1110. The molecule has 0 heterocycles. The summed E-state index contributed by atoms with van der Waals surface area (Å²) in [6.45, 7) is 5.31. The Hall–Kier alpha value is -2.29. The number of benzene rings is 2. The van der Waals surface area contributed by atoms with Crippen LogP contribution in [0.25, 0.3) is 0 Å². The standard InChI is InChI=1S/C23H29Cl2N3O4S/c1-5-12-26-23(30)17(3)27(14-18-8-6-9-19(24)13-18)22(29)15-28(33(4,31)32)21-11-7-10-20(25)16(21)2/h6-11,13,17H,5,12,14-15H2,1-4H3,(H,26,30)/t17-/m0/s1. The molecule has 2 aromatic carbocycles. The van der Waals surface area contributed by atoms with E-state index in [1.54, 1.807) is 56.3 Å². The minimum Gasteiger partial charge on any atom is -0.354 e. The lowest BCUT2D eigenvalue weighted by atomic mass is 10.1. The molecule has 1 atom stereocenters. The van der Waals surface area contributed by atoms with Crippen LogP contribution in [0.4, 0.5) is 5.69 Å². The van der Waals surface area contributed by atoms with Gasteiger partial charge in [-0.15, -0.1) is 0 Å². The largest absolute Gasteiger partial charge is 0.354 e. The monoisotopic (exact) mass is 513 g/mol. The Morgan fingerprint density at radius 3 is 2.39 bits per heavy atom. The zero-order valence-corrected chi connectivity index (χ0v) is 21.5. The highest BCUT2D eigenvalue weighted by Crippen LogP contribution is 2.28. The summed E-state index contributed by atoms with van der Waals surface area (Å²) < 4.78 is 26.2. The van der Waals surface area contributed by atoms with E-state index in [1.807, 2.05) is 6.92 Å². The van der Waals surface area contributed by atoms with E-state index in [0.717, 1.165) is 22.5 Å². The molecule has 0 radical (unpaired) electrons. The number of carbonyl (C=O) groups excluding carboxylic acids is 2. The van der Waals surface area contributed by atoms with Gasteiger partial charge in [0, 0.05) is 23.1 Å². The van der Waals surface area contributed by atoms with Crippen LogP contribution in [0, 0.1) is 6.92 Å².